The van der Waals surface area contributed by atoms with Crippen molar-refractivity contribution in [2.75, 3.05) is 38.1 Å². The highest BCUT2D eigenvalue weighted by Crippen LogP contribution is 2.46. The van der Waals surface area contributed by atoms with E-state index in [1.165, 1.54) is 23.5 Å². The maximum absolute atomic E-state index is 13.4. The summed E-state index contributed by atoms with van der Waals surface area (Å²) < 4.78 is 40.2. The normalized spacial score (nSPS) is 19.8. The number of anilines is 1. The van der Waals surface area contributed by atoms with Crippen molar-refractivity contribution in [1.29, 1.82) is 5.26 Å². The van der Waals surface area contributed by atoms with Gasteiger partial charge in [-0.3, -0.25) is 9.59 Å². The Morgan fingerprint density at radius 2 is 1.91 bits per heavy atom. The molecule has 1 spiro atoms. The first-order chi connectivity index (χ1) is 16.1. The van der Waals surface area contributed by atoms with Crippen LogP contribution in [0.2, 0.25) is 0 Å². The Balaban J connectivity index is 1.55. The number of benzene rings is 1. The van der Waals surface area contributed by atoms with Crippen molar-refractivity contribution in [1.82, 2.24) is 10.2 Å². The minimum atomic E-state index is -4.62. The van der Waals surface area contributed by atoms with Crippen LogP contribution in [0.5, 0.6) is 0 Å². The molecule has 0 bridgehead atoms. The number of nitriles is 1. The van der Waals surface area contributed by atoms with E-state index in [2.05, 4.69) is 5.32 Å². The van der Waals surface area contributed by atoms with Crippen molar-refractivity contribution in [3.05, 3.63) is 51.2 Å². The second kappa shape index (κ2) is 8.95. The van der Waals surface area contributed by atoms with Gasteiger partial charge in [0.25, 0.3) is 5.91 Å². The Morgan fingerprint density at radius 3 is 2.47 bits per heavy atom. The molecule has 2 fully saturated rings. The number of carbonyl (C=O) groups is 2. The zero-order chi connectivity index (χ0) is 24.7. The maximum Gasteiger partial charge on any atom is 0.417 e. The van der Waals surface area contributed by atoms with E-state index in [1.807, 2.05) is 17.9 Å². The van der Waals surface area contributed by atoms with Crippen LogP contribution in [0.15, 0.2) is 30.3 Å². The van der Waals surface area contributed by atoms with E-state index in [1.54, 1.807) is 24.1 Å². The summed E-state index contributed by atoms with van der Waals surface area (Å²) in [5.41, 5.74) is -1.38. The molecular weight excluding hydrogens is 465 g/mol. The first kappa shape index (κ1) is 24.1. The van der Waals surface area contributed by atoms with Gasteiger partial charge in [-0.2, -0.15) is 18.4 Å². The van der Waals surface area contributed by atoms with Crippen molar-refractivity contribution in [3.63, 3.8) is 0 Å². The molecule has 180 valence electrons. The third kappa shape index (κ3) is 4.37. The number of carbonyl (C=O) groups excluding carboxylic acids is 2. The van der Waals surface area contributed by atoms with Gasteiger partial charge < -0.3 is 15.1 Å². The third-order valence-corrected chi connectivity index (χ3v) is 7.99. The van der Waals surface area contributed by atoms with Gasteiger partial charge in [0.15, 0.2) is 0 Å². The predicted octanol–water partition coefficient (Wildman–Crippen LogP) is 4.05. The van der Waals surface area contributed by atoms with E-state index in [4.69, 9.17) is 5.26 Å². The van der Waals surface area contributed by atoms with E-state index < -0.39 is 22.7 Å². The van der Waals surface area contributed by atoms with Gasteiger partial charge in [-0.25, -0.2) is 0 Å². The van der Waals surface area contributed by atoms with Crippen molar-refractivity contribution < 1.29 is 22.8 Å². The Labute approximate surface area is 200 Å². The highest BCUT2D eigenvalue weighted by Gasteiger charge is 2.52. The van der Waals surface area contributed by atoms with Gasteiger partial charge in [-0.05, 0) is 50.1 Å². The quantitative estimate of drug-likeness (QED) is 0.704. The minimum Gasteiger partial charge on any atom is -0.371 e. The van der Waals surface area contributed by atoms with Crippen LogP contribution < -0.4 is 10.2 Å². The summed E-state index contributed by atoms with van der Waals surface area (Å²) in [5.74, 6) is -0.589. The summed E-state index contributed by atoms with van der Waals surface area (Å²) in [5, 5.41) is 11.8. The zero-order valence-corrected chi connectivity index (χ0v) is 19.7. The van der Waals surface area contributed by atoms with E-state index in [0.29, 0.717) is 49.6 Å². The molecule has 2 aliphatic rings. The average molecular weight is 491 g/mol. The monoisotopic (exact) mass is 490 g/mol. The lowest BCUT2D eigenvalue weighted by molar-refractivity contribution is -0.137. The lowest BCUT2D eigenvalue weighted by Crippen LogP contribution is -2.48. The molecule has 1 unspecified atom stereocenters. The number of hydrogen-bond donors (Lipinski definition) is 1. The second-order valence-electron chi connectivity index (χ2n) is 8.95. The lowest BCUT2D eigenvalue weighted by atomic mass is 9.70. The Kier molecular flexibility index (Phi) is 6.34. The van der Waals surface area contributed by atoms with Gasteiger partial charge in [-0.15, -0.1) is 11.3 Å². The molecule has 2 saturated heterocycles. The standard InChI is InChI=1S/C24H25F3N4O2S/c1-15-3-6-20(34-15)22(33)31-13-19(21(32)29-2)23(14-31)7-9-30(10-8-23)17-5-4-16(12-28)18(11-17)24(25,26)27/h3-6,11,19H,7-10,13-14H2,1-2H3,(H,29,32). The number of likely N-dealkylation sites (tertiary alicyclic amines) is 1. The first-order valence-electron chi connectivity index (χ1n) is 11.0. The van der Waals surface area contributed by atoms with Crippen molar-refractivity contribution in [3.8, 4) is 6.07 Å². The number of alkyl halides is 3. The largest absolute Gasteiger partial charge is 0.417 e. The summed E-state index contributed by atoms with van der Waals surface area (Å²) in [6.07, 6.45) is -3.48. The van der Waals surface area contributed by atoms with E-state index in [-0.39, 0.29) is 17.7 Å². The summed E-state index contributed by atoms with van der Waals surface area (Å²) in [7, 11) is 1.58. The molecule has 34 heavy (non-hydrogen) atoms. The number of aryl methyl sites for hydroxylation is 1. The van der Waals surface area contributed by atoms with Crippen LogP contribution in [0.4, 0.5) is 18.9 Å². The smallest absolute Gasteiger partial charge is 0.371 e. The molecule has 1 aromatic heterocycles. The predicted molar refractivity (Wildman–Crippen MR) is 123 cm³/mol. The van der Waals surface area contributed by atoms with Crippen LogP contribution in [0.25, 0.3) is 0 Å². The molecular formula is C24H25F3N4O2S. The lowest BCUT2D eigenvalue weighted by Gasteiger charge is -2.43. The van der Waals surface area contributed by atoms with E-state index >= 15 is 0 Å². The van der Waals surface area contributed by atoms with E-state index in [9.17, 15) is 22.8 Å². The molecule has 4 rings (SSSR count). The van der Waals surface area contributed by atoms with Gasteiger partial charge in [0.2, 0.25) is 5.91 Å². The molecule has 1 aromatic carbocycles. The number of nitrogens with one attached hydrogen (secondary N) is 1. The van der Waals surface area contributed by atoms with Crippen LogP contribution >= 0.6 is 11.3 Å². The number of thiophene rings is 1. The van der Waals surface area contributed by atoms with Crippen LogP contribution in [0, 0.1) is 29.6 Å². The summed E-state index contributed by atoms with van der Waals surface area (Å²) in [6.45, 7) is 3.61. The van der Waals surface area contributed by atoms with Crippen molar-refractivity contribution in [2.45, 2.75) is 25.9 Å². The molecule has 2 amide bonds. The van der Waals surface area contributed by atoms with Crippen LogP contribution in [-0.4, -0.2) is 49.9 Å². The molecule has 0 radical (unpaired) electrons. The van der Waals surface area contributed by atoms with Gasteiger partial charge >= 0.3 is 6.18 Å². The Hall–Kier alpha value is -3.06. The number of nitrogens with zero attached hydrogens (tertiary/aromatic N) is 3. The fourth-order valence-electron chi connectivity index (χ4n) is 5.14. The number of amides is 2. The van der Waals surface area contributed by atoms with E-state index in [0.717, 1.165) is 10.9 Å². The van der Waals surface area contributed by atoms with Crippen LogP contribution in [-0.2, 0) is 11.0 Å². The molecule has 1 N–H and O–H groups in total. The zero-order valence-electron chi connectivity index (χ0n) is 18.9. The summed E-state index contributed by atoms with van der Waals surface area (Å²) >= 11 is 1.42. The Bertz CT molecular complexity index is 1150. The fourth-order valence-corrected chi connectivity index (χ4v) is 5.98. The van der Waals surface area contributed by atoms with Gasteiger partial charge in [0.05, 0.1) is 28.0 Å². The molecule has 3 heterocycles. The molecule has 6 nitrogen and oxygen atoms in total. The highest BCUT2D eigenvalue weighted by molar-refractivity contribution is 7.13. The molecule has 2 aliphatic heterocycles. The first-order valence-corrected chi connectivity index (χ1v) is 11.8. The second-order valence-corrected chi connectivity index (χ2v) is 10.2. The molecule has 2 aromatic rings. The van der Waals surface area contributed by atoms with Gasteiger partial charge in [0.1, 0.15) is 0 Å². The summed E-state index contributed by atoms with van der Waals surface area (Å²) in [4.78, 5) is 31.1. The number of rotatable bonds is 3. The Morgan fingerprint density at radius 1 is 1.21 bits per heavy atom. The summed E-state index contributed by atoms with van der Waals surface area (Å²) in [6, 6.07) is 9.06. The SMILES string of the molecule is CNC(=O)C1CN(C(=O)c2ccc(C)s2)CC12CCN(c1ccc(C#N)c(C(F)(F)F)c1)CC2. The number of halogens is 3. The highest BCUT2D eigenvalue weighted by atomic mass is 32.1. The molecule has 10 heteroatoms. The van der Waals surface area contributed by atoms with Crippen molar-refractivity contribution >= 4 is 28.8 Å². The maximum atomic E-state index is 13.4. The minimum absolute atomic E-state index is 0.0896. The third-order valence-electron chi connectivity index (χ3n) is 7.00. The van der Waals surface area contributed by atoms with Crippen molar-refractivity contribution in [2.24, 2.45) is 11.3 Å². The topological polar surface area (TPSA) is 76.4 Å². The molecule has 1 atom stereocenters. The number of piperidine rings is 1. The van der Waals surface area contributed by atoms with Crippen LogP contribution in [0.1, 0.15) is 38.5 Å². The fraction of sp³-hybridized carbons (Fsp3) is 0.458. The average Bonchev–Trinajstić information content (AvgIpc) is 3.41. The molecule has 0 saturated carbocycles. The van der Waals surface area contributed by atoms with Gasteiger partial charge in [-0.1, -0.05) is 0 Å². The number of hydrogen-bond acceptors (Lipinski definition) is 5. The molecule has 0 aliphatic carbocycles. The van der Waals surface area contributed by atoms with Gasteiger partial charge in [0, 0.05) is 49.2 Å². The van der Waals surface area contributed by atoms with Crippen LogP contribution in [0.3, 0.4) is 0 Å².